The normalized spacial score (nSPS) is 9.82. The molecule has 0 spiro atoms. The SMILES string of the molecule is Nc1c[nH]nc1CCC(=O)O. The van der Waals surface area contributed by atoms with Gasteiger partial charge in [0, 0.05) is 12.6 Å². The number of nitrogens with zero attached hydrogens (tertiary/aromatic N) is 1. The Morgan fingerprint density at radius 2 is 2.55 bits per heavy atom. The molecule has 1 aromatic heterocycles. The number of hydrogen-bond donors (Lipinski definition) is 3. The molecule has 0 aliphatic heterocycles. The Labute approximate surface area is 63.2 Å². The highest BCUT2D eigenvalue weighted by Crippen LogP contribution is 2.07. The van der Waals surface area contributed by atoms with Gasteiger partial charge in [-0.15, -0.1) is 0 Å². The smallest absolute Gasteiger partial charge is 0.303 e. The molecule has 0 saturated carbocycles. The second-order valence-corrected chi connectivity index (χ2v) is 2.18. The maximum absolute atomic E-state index is 10.1. The minimum atomic E-state index is -0.840. The molecular formula is C6H9N3O2. The highest BCUT2D eigenvalue weighted by atomic mass is 16.4. The van der Waals surface area contributed by atoms with Crippen LogP contribution in [0, 0.1) is 0 Å². The lowest BCUT2D eigenvalue weighted by atomic mass is 10.2. The number of carboxylic acids is 1. The van der Waals surface area contributed by atoms with Crippen LogP contribution in [0.2, 0.25) is 0 Å². The van der Waals surface area contributed by atoms with Gasteiger partial charge in [0.2, 0.25) is 0 Å². The van der Waals surface area contributed by atoms with Crippen molar-refractivity contribution in [2.24, 2.45) is 0 Å². The van der Waals surface area contributed by atoms with Crippen LogP contribution >= 0.6 is 0 Å². The third-order valence-electron chi connectivity index (χ3n) is 1.33. The first-order valence-corrected chi connectivity index (χ1v) is 3.20. The highest BCUT2D eigenvalue weighted by molar-refractivity contribution is 5.67. The largest absolute Gasteiger partial charge is 0.481 e. The number of nitrogens with one attached hydrogen (secondary N) is 1. The molecule has 0 bridgehead atoms. The van der Waals surface area contributed by atoms with Gasteiger partial charge < -0.3 is 10.8 Å². The summed E-state index contributed by atoms with van der Waals surface area (Å²) >= 11 is 0. The van der Waals surface area contributed by atoms with Gasteiger partial charge in [0.25, 0.3) is 0 Å². The summed E-state index contributed by atoms with van der Waals surface area (Å²) in [4.78, 5) is 10.1. The molecule has 0 aromatic carbocycles. The van der Waals surface area contributed by atoms with Gasteiger partial charge in [0.05, 0.1) is 17.8 Å². The lowest BCUT2D eigenvalue weighted by Crippen LogP contribution is -1.99. The maximum Gasteiger partial charge on any atom is 0.303 e. The van der Waals surface area contributed by atoms with E-state index in [9.17, 15) is 4.79 Å². The average molecular weight is 155 g/mol. The summed E-state index contributed by atoms with van der Waals surface area (Å²) in [5.74, 6) is -0.840. The molecule has 1 heterocycles. The van der Waals surface area contributed by atoms with E-state index in [4.69, 9.17) is 10.8 Å². The molecule has 1 rings (SSSR count). The van der Waals surface area contributed by atoms with Crippen LogP contribution in [0.1, 0.15) is 12.1 Å². The average Bonchev–Trinajstić information content (AvgIpc) is 2.31. The fourth-order valence-corrected chi connectivity index (χ4v) is 0.753. The molecule has 0 aliphatic rings. The van der Waals surface area contributed by atoms with E-state index in [0.717, 1.165) is 0 Å². The van der Waals surface area contributed by atoms with Crippen molar-refractivity contribution in [3.8, 4) is 0 Å². The summed E-state index contributed by atoms with van der Waals surface area (Å²) in [6, 6.07) is 0. The molecule has 0 atom stereocenters. The van der Waals surface area contributed by atoms with E-state index in [2.05, 4.69) is 10.2 Å². The molecule has 0 saturated heterocycles. The van der Waals surface area contributed by atoms with E-state index in [1.165, 1.54) is 6.20 Å². The molecule has 5 nitrogen and oxygen atoms in total. The second kappa shape index (κ2) is 3.05. The third kappa shape index (κ3) is 1.96. The summed E-state index contributed by atoms with van der Waals surface area (Å²) in [5, 5.41) is 14.7. The fourth-order valence-electron chi connectivity index (χ4n) is 0.753. The lowest BCUT2D eigenvalue weighted by Gasteiger charge is -1.92. The van der Waals surface area contributed by atoms with Crippen LogP contribution in [0.25, 0.3) is 0 Å². The van der Waals surface area contributed by atoms with Gasteiger partial charge in [-0.2, -0.15) is 5.10 Å². The van der Waals surface area contributed by atoms with E-state index in [1.54, 1.807) is 0 Å². The first-order valence-electron chi connectivity index (χ1n) is 3.20. The van der Waals surface area contributed by atoms with E-state index in [-0.39, 0.29) is 6.42 Å². The number of aliphatic carboxylic acids is 1. The van der Waals surface area contributed by atoms with E-state index in [0.29, 0.717) is 17.8 Å². The van der Waals surface area contributed by atoms with Crippen LogP contribution in [-0.2, 0) is 11.2 Å². The number of nitrogens with two attached hydrogens (primary N) is 1. The number of aromatic nitrogens is 2. The van der Waals surface area contributed by atoms with Crippen LogP contribution in [0.4, 0.5) is 5.69 Å². The van der Waals surface area contributed by atoms with E-state index >= 15 is 0 Å². The van der Waals surface area contributed by atoms with Crippen molar-refractivity contribution in [2.45, 2.75) is 12.8 Å². The maximum atomic E-state index is 10.1. The second-order valence-electron chi connectivity index (χ2n) is 2.18. The van der Waals surface area contributed by atoms with Crippen LogP contribution in [-0.4, -0.2) is 21.3 Å². The molecule has 0 aliphatic carbocycles. The van der Waals surface area contributed by atoms with Crippen molar-refractivity contribution in [2.75, 3.05) is 5.73 Å². The Morgan fingerprint density at radius 3 is 3.00 bits per heavy atom. The standard InChI is InChI=1S/C6H9N3O2/c7-4-3-8-9-5(4)1-2-6(10)11/h3H,1-2,7H2,(H,8,9)(H,10,11). The first kappa shape index (κ1) is 7.59. The summed E-state index contributed by atoms with van der Waals surface area (Å²) in [6.07, 6.45) is 1.98. The molecule has 11 heavy (non-hydrogen) atoms. The van der Waals surface area contributed by atoms with Crippen molar-refractivity contribution < 1.29 is 9.90 Å². The molecule has 4 N–H and O–H groups in total. The Kier molecular flexibility index (Phi) is 2.10. The number of hydrogen-bond acceptors (Lipinski definition) is 3. The van der Waals surface area contributed by atoms with Gasteiger partial charge in [0.1, 0.15) is 0 Å². The number of aromatic amines is 1. The minimum absolute atomic E-state index is 0.0645. The van der Waals surface area contributed by atoms with Crippen LogP contribution in [0.15, 0.2) is 6.20 Å². The lowest BCUT2D eigenvalue weighted by molar-refractivity contribution is -0.136. The zero-order valence-corrected chi connectivity index (χ0v) is 5.87. The molecule has 0 amide bonds. The molecular weight excluding hydrogens is 146 g/mol. The number of rotatable bonds is 3. The quantitative estimate of drug-likeness (QED) is 0.573. The fraction of sp³-hybridized carbons (Fsp3) is 0.333. The topological polar surface area (TPSA) is 92.0 Å². The van der Waals surface area contributed by atoms with Crippen LogP contribution < -0.4 is 5.73 Å². The Morgan fingerprint density at radius 1 is 1.82 bits per heavy atom. The zero-order chi connectivity index (χ0) is 8.27. The number of carbonyl (C=O) groups is 1. The van der Waals surface area contributed by atoms with Gasteiger partial charge in [0.15, 0.2) is 0 Å². The zero-order valence-electron chi connectivity index (χ0n) is 5.87. The number of anilines is 1. The summed E-state index contributed by atoms with van der Waals surface area (Å²) in [5.41, 5.74) is 6.58. The van der Waals surface area contributed by atoms with Gasteiger partial charge in [-0.3, -0.25) is 9.89 Å². The molecule has 0 fully saturated rings. The first-order chi connectivity index (χ1) is 5.20. The van der Waals surface area contributed by atoms with Crippen molar-refractivity contribution in [3.05, 3.63) is 11.9 Å². The van der Waals surface area contributed by atoms with Gasteiger partial charge in [-0.05, 0) is 0 Å². The summed E-state index contributed by atoms with van der Waals surface area (Å²) in [6.45, 7) is 0. The van der Waals surface area contributed by atoms with Crippen LogP contribution in [0.3, 0.4) is 0 Å². The van der Waals surface area contributed by atoms with E-state index in [1.807, 2.05) is 0 Å². The number of H-pyrrole nitrogens is 1. The molecule has 0 radical (unpaired) electrons. The van der Waals surface area contributed by atoms with Gasteiger partial charge in [-0.25, -0.2) is 0 Å². The Balaban J connectivity index is 2.51. The third-order valence-corrected chi connectivity index (χ3v) is 1.33. The van der Waals surface area contributed by atoms with Gasteiger partial charge in [-0.1, -0.05) is 0 Å². The number of aryl methyl sites for hydroxylation is 1. The number of carboxylic acid groups (broad SMARTS) is 1. The number of nitrogen functional groups attached to an aromatic ring is 1. The monoisotopic (exact) mass is 155 g/mol. The highest BCUT2D eigenvalue weighted by Gasteiger charge is 2.04. The van der Waals surface area contributed by atoms with E-state index < -0.39 is 5.97 Å². The molecule has 60 valence electrons. The van der Waals surface area contributed by atoms with Crippen molar-refractivity contribution in [1.82, 2.24) is 10.2 Å². The van der Waals surface area contributed by atoms with Crippen molar-refractivity contribution in [3.63, 3.8) is 0 Å². The summed E-state index contributed by atoms with van der Waals surface area (Å²) in [7, 11) is 0. The predicted molar refractivity (Wildman–Crippen MR) is 39.0 cm³/mol. The Bertz CT molecular complexity index is 256. The molecule has 5 heteroatoms. The van der Waals surface area contributed by atoms with Gasteiger partial charge >= 0.3 is 5.97 Å². The van der Waals surface area contributed by atoms with Crippen molar-refractivity contribution >= 4 is 11.7 Å². The summed E-state index contributed by atoms with van der Waals surface area (Å²) < 4.78 is 0. The van der Waals surface area contributed by atoms with Crippen LogP contribution in [0.5, 0.6) is 0 Å². The molecule has 1 aromatic rings. The van der Waals surface area contributed by atoms with Crippen molar-refractivity contribution in [1.29, 1.82) is 0 Å². The molecule has 0 unspecified atom stereocenters. The Hall–Kier alpha value is -1.52. The predicted octanol–water partition coefficient (Wildman–Crippen LogP) is 0.00910. The minimum Gasteiger partial charge on any atom is -0.481 e.